The third-order valence-corrected chi connectivity index (χ3v) is 3.57. The molecular weight excluding hydrogens is 276 g/mol. The van der Waals surface area contributed by atoms with Gasteiger partial charge >= 0.3 is 6.03 Å². The first-order valence-corrected chi connectivity index (χ1v) is 7.45. The number of benzene rings is 2. The van der Waals surface area contributed by atoms with Crippen LogP contribution >= 0.6 is 0 Å². The fourth-order valence-corrected chi connectivity index (χ4v) is 2.21. The number of aryl methyl sites for hydroxylation is 2. The first-order chi connectivity index (χ1) is 10.5. The lowest BCUT2D eigenvalue weighted by atomic mass is 10.1. The molecule has 4 heteroatoms. The Labute approximate surface area is 131 Å². The van der Waals surface area contributed by atoms with Crippen LogP contribution in [-0.4, -0.2) is 17.2 Å². The number of amides is 2. The Bertz CT molecular complexity index is 623. The molecule has 0 aliphatic heterocycles. The lowest BCUT2D eigenvalue weighted by Crippen LogP contribution is -2.36. The van der Waals surface area contributed by atoms with Crippen molar-refractivity contribution in [3.63, 3.8) is 0 Å². The number of carbonyl (C=O) groups excluding carboxylic acids is 1. The van der Waals surface area contributed by atoms with Crippen LogP contribution in [0.2, 0.25) is 0 Å². The number of phenols is 1. The van der Waals surface area contributed by atoms with E-state index in [2.05, 4.69) is 10.6 Å². The zero-order valence-electron chi connectivity index (χ0n) is 13.0. The zero-order chi connectivity index (χ0) is 15.9. The van der Waals surface area contributed by atoms with Crippen LogP contribution in [0.5, 0.6) is 5.75 Å². The van der Waals surface area contributed by atoms with Gasteiger partial charge < -0.3 is 15.7 Å². The number of nitrogens with one attached hydrogen (secondary N) is 2. The minimum atomic E-state index is -0.187. The van der Waals surface area contributed by atoms with Crippen molar-refractivity contribution in [3.8, 4) is 5.75 Å². The van der Waals surface area contributed by atoms with E-state index in [9.17, 15) is 9.90 Å². The van der Waals surface area contributed by atoms with Crippen molar-refractivity contribution in [2.45, 2.75) is 32.7 Å². The standard InChI is InChI=1S/C18H22N2O2/c1-13-5-3-4-6-17(13)20-18(22)19-14(2)7-8-15-9-11-16(21)12-10-15/h3-6,9-12,14,21H,7-8H2,1-2H3,(H2,19,20,22). The highest BCUT2D eigenvalue weighted by Gasteiger charge is 2.08. The molecule has 0 aromatic heterocycles. The van der Waals surface area contributed by atoms with Crippen molar-refractivity contribution < 1.29 is 9.90 Å². The topological polar surface area (TPSA) is 61.4 Å². The number of urea groups is 1. The van der Waals surface area contributed by atoms with Crippen LogP contribution in [0.1, 0.15) is 24.5 Å². The number of para-hydroxylation sites is 1. The second-order valence-electron chi connectivity index (χ2n) is 5.52. The predicted octanol–water partition coefficient (Wildman–Crippen LogP) is 3.84. The van der Waals surface area contributed by atoms with E-state index >= 15 is 0 Å². The summed E-state index contributed by atoms with van der Waals surface area (Å²) >= 11 is 0. The van der Waals surface area contributed by atoms with Gasteiger partial charge in [0.15, 0.2) is 0 Å². The number of hydrogen-bond donors (Lipinski definition) is 3. The van der Waals surface area contributed by atoms with Gasteiger partial charge in [0.2, 0.25) is 0 Å². The Morgan fingerprint density at radius 3 is 2.50 bits per heavy atom. The second-order valence-corrected chi connectivity index (χ2v) is 5.52. The van der Waals surface area contributed by atoms with Gasteiger partial charge in [0, 0.05) is 11.7 Å². The molecule has 0 saturated heterocycles. The quantitative estimate of drug-likeness (QED) is 0.785. The van der Waals surface area contributed by atoms with E-state index in [-0.39, 0.29) is 17.8 Å². The summed E-state index contributed by atoms with van der Waals surface area (Å²) in [5, 5.41) is 15.1. The smallest absolute Gasteiger partial charge is 0.319 e. The Morgan fingerprint density at radius 2 is 1.82 bits per heavy atom. The molecule has 116 valence electrons. The van der Waals surface area contributed by atoms with E-state index < -0.39 is 0 Å². The molecule has 0 aliphatic carbocycles. The molecule has 0 bridgehead atoms. The molecule has 4 nitrogen and oxygen atoms in total. The third kappa shape index (κ3) is 4.81. The summed E-state index contributed by atoms with van der Waals surface area (Å²) in [5.41, 5.74) is 3.01. The molecular formula is C18H22N2O2. The number of phenolic OH excluding ortho intramolecular Hbond substituents is 1. The van der Waals surface area contributed by atoms with Crippen molar-refractivity contribution in [2.75, 3.05) is 5.32 Å². The molecule has 22 heavy (non-hydrogen) atoms. The maximum absolute atomic E-state index is 12.0. The molecule has 0 aliphatic rings. The highest BCUT2D eigenvalue weighted by molar-refractivity contribution is 5.90. The highest BCUT2D eigenvalue weighted by Crippen LogP contribution is 2.14. The van der Waals surface area contributed by atoms with Crippen molar-refractivity contribution in [1.82, 2.24) is 5.32 Å². The summed E-state index contributed by atoms with van der Waals surface area (Å²) in [6, 6.07) is 14.7. The lowest BCUT2D eigenvalue weighted by Gasteiger charge is -2.15. The molecule has 0 fully saturated rings. The van der Waals surface area contributed by atoms with Gasteiger partial charge in [0.1, 0.15) is 5.75 Å². The summed E-state index contributed by atoms with van der Waals surface area (Å²) in [4.78, 5) is 12.0. The van der Waals surface area contributed by atoms with Crippen LogP contribution in [0.25, 0.3) is 0 Å². The van der Waals surface area contributed by atoms with Crippen molar-refractivity contribution in [3.05, 3.63) is 59.7 Å². The van der Waals surface area contributed by atoms with Gasteiger partial charge in [0.25, 0.3) is 0 Å². The van der Waals surface area contributed by atoms with Gasteiger partial charge in [-0.1, -0.05) is 30.3 Å². The van der Waals surface area contributed by atoms with Crippen LogP contribution in [0.3, 0.4) is 0 Å². The Kier molecular flexibility index (Phi) is 5.42. The molecule has 0 spiro atoms. The maximum Gasteiger partial charge on any atom is 0.319 e. The molecule has 1 atom stereocenters. The van der Waals surface area contributed by atoms with E-state index in [1.807, 2.05) is 50.2 Å². The molecule has 0 saturated carbocycles. The fraction of sp³-hybridized carbons (Fsp3) is 0.278. The lowest BCUT2D eigenvalue weighted by molar-refractivity contribution is 0.248. The monoisotopic (exact) mass is 298 g/mol. The zero-order valence-corrected chi connectivity index (χ0v) is 13.0. The van der Waals surface area contributed by atoms with Crippen LogP contribution in [0.4, 0.5) is 10.5 Å². The second kappa shape index (κ2) is 7.50. The number of anilines is 1. The summed E-state index contributed by atoms with van der Waals surface area (Å²) in [6.07, 6.45) is 1.69. The van der Waals surface area contributed by atoms with Crippen LogP contribution < -0.4 is 10.6 Å². The molecule has 0 heterocycles. The SMILES string of the molecule is Cc1ccccc1NC(=O)NC(C)CCc1ccc(O)cc1. The van der Waals surface area contributed by atoms with Crippen molar-refractivity contribution in [2.24, 2.45) is 0 Å². The van der Waals surface area contributed by atoms with E-state index in [0.29, 0.717) is 0 Å². The average molecular weight is 298 g/mol. The number of hydrogen-bond acceptors (Lipinski definition) is 2. The summed E-state index contributed by atoms with van der Waals surface area (Å²) in [7, 11) is 0. The molecule has 2 rings (SSSR count). The summed E-state index contributed by atoms with van der Waals surface area (Å²) in [5.74, 6) is 0.271. The first-order valence-electron chi connectivity index (χ1n) is 7.45. The molecule has 1 unspecified atom stereocenters. The minimum Gasteiger partial charge on any atom is -0.508 e. The van der Waals surface area contributed by atoms with Gasteiger partial charge in [0.05, 0.1) is 0 Å². The molecule has 2 amide bonds. The molecule has 3 N–H and O–H groups in total. The van der Waals surface area contributed by atoms with Gasteiger partial charge in [-0.3, -0.25) is 0 Å². The van der Waals surface area contributed by atoms with Crippen molar-refractivity contribution in [1.29, 1.82) is 0 Å². The average Bonchev–Trinajstić information content (AvgIpc) is 2.49. The van der Waals surface area contributed by atoms with Crippen LogP contribution in [-0.2, 0) is 6.42 Å². The maximum atomic E-state index is 12.0. The summed E-state index contributed by atoms with van der Waals surface area (Å²) < 4.78 is 0. The fourth-order valence-electron chi connectivity index (χ4n) is 2.21. The van der Waals surface area contributed by atoms with E-state index in [1.165, 1.54) is 0 Å². The first kappa shape index (κ1) is 15.9. The Morgan fingerprint density at radius 1 is 1.14 bits per heavy atom. The third-order valence-electron chi connectivity index (χ3n) is 3.57. The number of carbonyl (C=O) groups is 1. The molecule has 2 aromatic rings. The van der Waals surface area contributed by atoms with Gasteiger partial charge in [-0.2, -0.15) is 0 Å². The largest absolute Gasteiger partial charge is 0.508 e. The van der Waals surface area contributed by atoms with E-state index in [1.54, 1.807) is 12.1 Å². The molecule has 2 aromatic carbocycles. The molecule has 0 radical (unpaired) electrons. The summed E-state index contributed by atoms with van der Waals surface area (Å²) in [6.45, 7) is 3.95. The van der Waals surface area contributed by atoms with Crippen LogP contribution in [0.15, 0.2) is 48.5 Å². The number of rotatable bonds is 5. The van der Waals surface area contributed by atoms with E-state index in [0.717, 1.165) is 29.7 Å². The van der Waals surface area contributed by atoms with Gasteiger partial charge in [-0.25, -0.2) is 4.79 Å². The van der Waals surface area contributed by atoms with Crippen LogP contribution in [0, 0.1) is 6.92 Å². The minimum absolute atomic E-state index is 0.0674. The predicted molar refractivity (Wildman–Crippen MR) is 89.2 cm³/mol. The Hall–Kier alpha value is -2.49. The Balaban J connectivity index is 1.79. The van der Waals surface area contributed by atoms with Gasteiger partial charge in [-0.05, 0) is 56.0 Å². The van der Waals surface area contributed by atoms with E-state index in [4.69, 9.17) is 0 Å². The highest BCUT2D eigenvalue weighted by atomic mass is 16.3. The normalized spacial score (nSPS) is 11.7. The van der Waals surface area contributed by atoms with Crippen molar-refractivity contribution >= 4 is 11.7 Å². The van der Waals surface area contributed by atoms with Gasteiger partial charge in [-0.15, -0.1) is 0 Å². The number of aromatic hydroxyl groups is 1.